The fourth-order valence-corrected chi connectivity index (χ4v) is 3.32. The fraction of sp³-hybridized carbons (Fsp3) is 0.400. The van der Waals surface area contributed by atoms with Crippen molar-refractivity contribution in [1.82, 2.24) is 4.57 Å². The Bertz CT molecular complexity index is 755. The Morgan fingerprint density at radius 3 is 2.40 bits per heavy atom. The predicted octanol–water partition coefficient (Wildman–Crippen LogP) is 3.59. The molecule has 1 aliphatic carbocycles. The summed E-state index contributed by atoms with van der Waals surface area (Å²) in [6.45, 7) is 0. The topological polar surface area (TPSA) is 68.5 Å². The highest BCUT2D eigenvalue weighted by atomic mass is 16.5. The third-order valence-corrected chi connectivity index (χ3v) is 4.76. The molecule has 0 aliphatic heterocycles. The zero-order valence-electron chi connectivity index (χ0n) is 14.4. The highest BCUT2D eigenvalue weighted by molar-refractivity contribution is 6.08. The molecule has 0 bridgehead atoms. The van der Waals surface area contributed by atoms with Gasteiger partial charge in [0.2, 0.25) is 5.78 Å². The maximum absolute atomic E-state index is 12.7. The van der Waals surface area contributed by atoms with Crippen LogP contribution in [0.3, 0.4) is 0 Å². The Balaban J connectivity index is 1.70. The Hall–Kier alpha value is -2.56. The zero-order chi connectivity index (χ0) is 17.8. The Morgan fingerprint density at radius 2 is 1.76 bits per heavy atom. The molecule has 0 spiro atoms. The largest absolute Gasteiger partial charge is 0.490 e. The van der Waals surface area contributed by atoms with E-state index in [1.165, 1.54) is 19.3 Å². The zero-order valence-corrected chi connectivity index (χ0v) is 14.4. The van der Waals surface area contributed by atoms with Gasteiger partial charge in [-0.25, -0.2) is 0 Å². The average Bonchev–Trinajstić information content (AvgIpc) is 2.96. The molecule has 5 heteroatoms. The number of ether oxygens (including phenoxy) is 1. The van der Waals surface area contributed by atoms with Crippen LogP contribution in [0.5, 0.6) is 5.75 Å². The molecular formula is C20H23NO4. The van der Waals surface area contributed by atoms with Crippen molar-refractivity contribution < 1.29 is 19.4 Å². The molecule has 1 heterocycles. The van der Waals surface area contributed by atoms with Gasteiger partial charge in [-0.15, -0.1) is 0 Å². The van der Waals surface area contributed by atoms with E-state index in [4.69, 9.17) is 9.84 Å². The minimum atomic E-state index is -0.913. The Kier molecular flexibility index (Phi) is 5.22. The van der Waals surface area contributed by atoms with Gasteiger partial charge < -0.3 is 14.4 Å². The molecule has 0 radical (unpaired) electrons. The fourth-order valence-electron chi connectivity index (χ4n) is 3.32. The summed E-state index contributed by atoms with van der Waals surface area (Å²) in [6.07, 6.45) is 6.08. The van der Waals surface area contributed by atoms with Crippen LogP contribution in [0.25, 0.3) is 0 Å². The second-order valence-corrected chi connectivity index (χ2v) is 6.57. The number of carbonyl (C=O) groups excluding carboxylic acids is 1. The third-order valence-electron chi connectivity index (χ3n) is 4.76. The molecule has 132 valence electrons. The number of carboxylic acid groups (broad SMARTS) is 1. The molecule has 0 saturated heterocycles. The average molecular weight is 341 g/mol. The van der Waals surface area contributed by atoms with Gasteiger partial charge >= 0.3 is 5.97 Å². The molecule has 1 fully saturated rings. The summed E-state index contributed by atoms with van der Waals surface area (Å²) >= 11 is 0. The van der Waals surface area contributed by atoms with Gasteiger partial charge in [0.1, 0.15) is 5.75 Å². The van der Waals surface area contributed by atoms with Gasteiger partial charge in [-0.1, -0.05) is 6.42 Å². The van der Waals surface area contributed by atoms with Crippen LogP contribution >= 0.6 is 0 Å². The van der Waals surface area contributed by atoms with Crippen molar-refractivity contribution in [3.05, 3.63) is 53.3 Å². The minimum absolute atomic E-state index is 0.0993. The molecule has 1 aromatic carbocycles. The molecular weight excluding hydrogens is 318 g/mol. The summed E-state index contributed by atoms with van der Waals surface area (Å²) in [7, 11) is 1.71. The van der Waals surface area contributed by atoms with Crippen LogP contribution in [0.4, 0.5) is 0 Å². The standard InChI is InChI=1S/C20H23NO4/c1-21-15(13-19(22)23)9-12-18(21)20(24)14-7-10-17(11-8-14)25-16-5-3-2-4-6-16/h7-12,16H,2-6,13H2,1H3,(H,22,23). The van der Waals surface area contributed by atoms with Crippen molar-refractivity contribution in [3.8, 4) is 5.75 Å². The second kappa shape index (κ2) is 7.55. The molecule has 1 aromatic heterocycles. The number of ketones is 1. The van der Waals surface area contributed by atoms with Crippen molar-refractivity contribution in [1.29, 1.82) is 0 Å². The number of benzene rings is 1. The summed E-state index contributed by atoms with van der Waals surface area (Å²) in [5, 5.41) is 8.91. The number of nitrogens with zero attached hydrogens (tertiary/aromatic N) is 1. The van der Waals surface area contributed by atoms with Crippen LogP contribution < -0.4 is 4.74 Å². The maximum atomic E-state index is 12.7. The van der Waals surface area contributed by atoms with E-state index in [2.05, 4.69) is 0 Å². The van der Waals surface area contributed by atoms with Gasteiger partial charge in [-0.2, -0.15) is 0 Å². The highest BCUT2D eigenvalue weighted by Gasteiger charge is 2.17. The van der Waals surface area contributed by atoms with Crippen molar-refractivity contribution in [3.63, 3.8) is 0 Å². The summed E-state index contributed by atoms with van der Waals surface area (Å²) in [4.78, 5) is 23.5. The summed E-state index contributed by atoms with van der Waals surface area (Å²) in [6, 6.07) is 10.6. The number of carboxylic acids is 1. The Morgan fingerprint density at radius 1 is 1.08 bits per heavy atom. The van der Waals surface area contributed by atoms with Gasteiger partial charge in [0.25, 0.3) is 0 Å². The van der Waals surface area contributed by atoms with Crippen LogP contribution in [-0.4, -0.2) is 27.5 Å². The van der Waals surface area contributed by atoms with Crippen LogP contribution in [0.2, 0.25) is 0 Å². The molecule has 3 rings (SSSR count). The molecule has 2 aromatic rings. The molecule has 0 unspecified atom stereocenters. The molecule has 0 atom stereocenters. The van der Waals surface area contributed by atoms with Gasteiger partial charge in [-0.3, -0.25) is 9.59 Å². The highest BCUT2D eigenvalue weighted by Crippen LogP contribution is 2.24. The number of hydrogen-bond acceptors (Lipinski definition) is 3. The Labute approximate surface area is 147 Å². The van der Waals surface area contributed by atoms with Crippen LogP contribution in [0, 0.1) is 0 Å². The number of rotatable bonds is 6. The lowest BCUT2D eigenvalue weighted by Gasteiger charge is -2.23. The van der Waals surface area contributed by atoms with Crippen molar-refractivity contribution in [2.75, 3.05) is 0 Å². The quantitative estimate of drug-likeness (QED) is 0.815. The lowest BCUT2D eigenvalue weighted by molar-refractivity contribution is -0.136. The van der Waals surface area contributed by atoms with Crippen molar-refractivity contribution in [2.45, 2.75) is 44.6 Å². The molecule has 1 aliphatic rings. The van der Waals surface area contributed by atoms with Crippen LogP contribution in [0.1, 0.15) is 53.8 Å². The normalized spacial score (nSPS) is 15.1. The van der Waals surface area contributed by atoms with Gasteiger partial charge in [0.15, 0.2) is 0 Å². The summed E-state index contributed by atoms with van der Waals surface area (Å²) in [5.41, 5.74) is 1.66. The summed E-state index contributed by atoms with van der Waals surface area (Å²) in [5.74, 6) is -0.241. The van der Waals surface area contributed by atoms with Gasteiger partial charge in [0, 0.05) is 18.3 Å². The molecule has 25 heavy (non-hydrogen) atoms. The van der Waals surface area contributed by atoms with E-state index < -0.39 is 5.97 Å². The first-order valence-electron chi connectivity index (χ1n) is 8.72. The van der Waals surface area contributed by atoms with Crippen molar-refractivity contribution >= 4 is 11.8 Å². The number of aromatic nitrogens is 1. The second-order valence-electron chi connectivity index (χ2n) is 6.57. The van der Waals surface area contributed by atoms with E-state index in [-0.39, 0.29) is 18.3 Å². The molecule has 1 N–H and O–H groups in total. The summed E-state index contributed by atoms with van der Waals surface area (Å²) < 4.78 is 7.63. The van der Waals surface area contributed by atoms with E-state index in [0.717, 1.165) is 18.6 Å². The molecule has 1 saturated carbocycles. The lowest BCUT2D eigenvalue weighted by atomic mass is 9.98. The van der Waals surface area contributed by atoms with E-state index in [1.54, 1.807) is 35.9 Å². The number of aliphatic carboxylic acids is 1. The van der Waals surface area contributed by atoms with E-state index >= 15 is 0 Å². The van der Waals surface area contributed by atoms with Crippen LogP contribution in [0.15, 0.2) is 36.4 Å². The first-order valence-corrected chi connectivity index (χ1v) is 8.72. The minimum Gasteiger partial charge on any atom is -0.490 e. The first-order chi connectivity index (χ1) is 12.0. The number of hydrogen-bond donors (Lipinski definition) is 1. The van der Waals surface area contributed by atoms with E-state index in [0.29, 0.717) is 17.0 Å². The predicted molar refractivity (Wildman–Crippen MR) is 94.1 cm³/mol. The van der Waals surface area contributed by atoms with Crippen LogP contribution in [-0.2, 0) is 18.3 Å². The number of carbonyl (C=O) groups is 2. The van der Waals surface area contributed by atoms with Gasteiger partial charge in [-0.05, 0) is 62.1 Å². The van der Waals surface area contributed by atoms with E-state index in [1.807, 2.05) is 12.1 Å². The smallest absolute Gasteiger partial charge is 0.309 e. The lowest BCUT2D eigenvalue weighted by Crippen LogP contribution is -2.19. The molecule has 0 amide bonds. The molecule has 5 nitrogen and oxygen atoms in total. The first kappa shape index (κ1) is 17.3. The third kappa shape index (κ3) is 4.10. The van der Waals surface area contributed by atoms with Gasteiger partial charge in [0.05, 0.1) is 18.2 Å². The monoisotopic (exact) mass is 341 g/mol. The van der Waals surface area contributed by atoms with Crippen molar-refractivity contribution in [2.24, 2.45) is 7.05 Å². The van der Waals surface area contributed by atoms with E-state index in [9.17, 15) is 9.59 Å². The maximum Gasteiger partial charge on any atom is 0.309 e. The SMILES string of the molecule is Cn1c(CC(=O)O)ccc1C(=O)c1ccc(OC2CCCCC2)cc1.